The van der Waals surface area contributed by atoms with E-state index in [0.717, 1.165) is 29.7 Å². The third-order valence-electron chi connectivity index (χ3n) is 4.30. The van der Waals surface area contributed by atoms with Crippen LogP contribution in [0.4, 0.5) is 0 Å². The van der Waals surface area contributed by atoms with Crippen LogP contribution in [0.3, 0.4) is 0 Å². The Morgan fingerprint density at radius 3 is 2.86 bits per heavy atom. The Bertz CT molecular complexity index is 584. The van der Waals surface area contributed by atoms with Crippen LogP contribution >= 0.6 is 0 Å². The molecule has 1 saturated carbocycles. The summed E-state index contributed by atoms with van der Waals surface area (Å²) >= 11 is 0. The van der Waals surface area contributed by atoms with E-state index in [1.54, 1.807) is 0 Å². The number of carbonyl (C=O) groups excluding carboxylic acids is 1. The van der Waals surface area contributed by atoms with Gasteiger partial charge in [0.1, 0.15) is 5.75 Å². The van der Waals surface area contributed by atoms with Gasteiger partial charge >= 0.3 is 5.97 Å². The topological polar surface area (TPSA) is 75.6 Å². The molecule has 3 unspecified atom stereocenters. The minimum atomic E-state index is -0.879. The van der Waals surface area contributed by atoms with Crippen molar-refractivity contribution in [2.45, 2.75) is 32.2 Å². The lowest BCUT2D eigenvalue weighted by Crippen LogP contribution is -2.34. The van der Waals surface area contributed by atoms with Crippen molar-refractivity contribution in [1.82, 2.24) is 5.32 Å². The molecule has 112 valence electrons. The number of fused-ring (bicyclic) bond motifs is 1. The van der Waals surface area contributed by atoms with E-state index in [0.29, 0.717) is 13.0 Å². The summed E-state index contributed by atoms with van der Waals surface area (Å²) < 4.78 is 5.75. The summed E-state index contributed by atoms with van der Waals surface area (Å²) in [5.74, 6) is -1.03. The lowest BCUT2D eigenvalue weighted by atomic mass is 9.96. The Morgan fingerprint density at radius 1 is 1.38 bits per heavy atom. The smallest absolute Gasteiger partial charge is 0.307 e. The number of hydrogen-bond acceptors (Lipinski definition) is 3. The monoisotopic (exact) mass is 289 g/mol. The van der Waals surface area contributed by atoms with Gasteiger partial charge in [-0.2, -0.15) is 0 Å². The molecule has 2 aliphatic rings. The lowest BCUT2D eigenvalue weighted by molar-refractivity contribution is -0.140. The van der Waals surface area contributed by atoms with Crippen LogP contribution in [-0.2, 0) is 16.0 Å². The fraction of sp³-hybridized carbons (Fsp3) is 0.500. The van der Waals surface area contributed by atoms with E-state index >= 15 is 0 Å². The number of amides is 1. The number of carboxylic acids is 1. The first kappa shape index (κ1) is 13.9. The fourth-order valence-electron chi connectivity index (χ4n) is 2.95. The number of aliphatic carboxylic acids is 1. The van der Waals surface area contributed by atoms with Crippen LogP contribution in [0.5, 0.6) is 5.75 Å². The summed E-state index contributed by atoms with van der Waals surface area (Å²) in [7, 11) is 0. The second kappa shape index (κ2) is 5.39. The Balaban J connectivity index is 1.74. The molecule has 1 aromatic carbocycles. The van der Waals surface area contributed by atoms with Crippen LogP contribution in [0.15, 0.2) is 18.2 Å². The van der Waals surface area contributed by atoms with Crippen molar-refractivity contribution < 1.29 is 19.4 Å². The van der Waals surface area contributed by atoms with Gasteiger partial charge in [0.15, 0.2) is 0 Å². The zero-order valence-corrected chi connectivity index (χ0v) is 12.0. The Hall–Kier alpha value is -2.04. The van der Waals surface area contributed by atoms with Gasteiger partial charge in [0.05, 0.1) is 24.5 Å². The van der Waals surface area contributed by atoms with Crippen LogP contribution in [0.1, 0.15) is 36.9 Å². The molecule has 0 spiro atoms. The van der Waals surface area contributed by atoms with Crippen LogP contribution in [0.2, 0.25) is 0 Å². The number of nitrogens with one attached hydrogen (secondary N) is 1. The molecule has 1 aromatic rings. The molecule has 1 aliphatic heterocycles. The maximum atomic E-state index is 12.1. The number of carboxylic acid groups (broad SMARTS) is 1. The Kier molecular flexibility index (Phi) is 3.57. The first-order valence-corrected chi connectivity index (χ1v) is 7.39. The number of ether oxygens (including phenoxy) is 1. The van der Waals surface area contributed by atoms with Crippen molar-refractivity contribution in [2.75, 3.05) is 6.61 Å². The highest BCUT2D eigenvalue weighted by Crippen LogP contribution is 2.40. The van der Waals surface area contributed by atoms with Crippen LogP contribution in [0.25, 0.3) is 0 Å². The third kappa shape index (κ3) is 2.60. The molecule has 3 rings (SSSR count). The SMILES string of the molecule is CCc1cccc2c1OCCC2NC(=O)C1CC1C(=O)O. The molecule has 5 heteroatoms. The molecule has 2 N–H and O–H groups in total. The van der Waals surface area contributed by atoms with E-state index in [9.17, 15) is 9.59 Å². The van der Waals surface area contributed by atoms with Gasteiger partial charge in [-0.25, -0.2) is 0 Å². The van der Waals surface area contributed by atoms with Crippen molar-refractivity contribution in [3.63, 3.8) is 0 Å². The van der Waals surface area contributed by atoms with Crippen molar-refractivity contribution in [3.8, 4) is 5.75 Å². The third-order valence-corrected chi connectivity index (χ3v) is 4.30. The summed E-state index contributed by atoms with van der Waals surface area (Å²) in [6, 6.07) is 5.90. The number of benzene rings is 1. The van der Waals surface area contributed by atoms with E-state index in [4.69, 9.17) is 9.84 Å². The van der Waals surface area contributed by atoms with Crippen molar-refractivity contribution >= 4 is 11.9 Å². The molecule has 0 aromatic heterocycles. The number of hydrogen-bond donors (Lipinski definition) is 2. The lowest BCUT2D eigenvalue weighted by Gasteiger charge is -2.28. The molecule has 1 fully saturated rings. The summed E-state index contributed by atoms with van der Waals surface area (Å²) in [5, 5.41) is 11.9. The number of rotatable bonds is 4. The van der Waals surface area contributed by atoms with E-state index in [1.807, 2.05) is 18.2 Å². The predicted molar refractivity (Wildman–Crippen MR) is 76.0 cm³/mol. The van der Waals surface area contributed by atoms with Crippen molar-refractivity contribution in [1.29, 1.82) is 0 Å². The molecule has 1 aliphatic carbocycles. The summed E-state index contributed by atoms with van der Waals surface area (Å²) in [6.45, 7) is 2.64. The highest BCUT2D eigenvalue weighted by molar-refractivity contribution is 5.89. The highest BCUT2D eigenvalue weighted by atomic mass is 16.5. The molecular weight excluding hydrogens is 270 g/mol. The van der Waals surface area contributed by atoms with Gasteiger partial charge in [-0.1, -0.05) is 25.1 Å². The molecule has 0 saturated heterocycles. The summed E-state index contributed by atoms with van der Waals surface area (Å²) in [6.07, 6.45) is 2.05. The second-order valence-electron chi connectivity index (χ2n) is 5.67. The highest BCUT2D eigenvalue weighted by Gasteiger charge is 2.48. The normalized spacial score (nSPS) is 26.4. The predicted octanol–water partition coefficient (Wildman–Crippen LogP) is 1.91. The van der Waals surface area contributed by atoms with Crippen LogP contribution in [-0.4, -0.2) is 23.6 Å². The van der Waals surface area contributed by atoms with Crippen LogP contribution in [0, 0.1) is 11.8 Å². The molecule has 1 heterocycles. The molecule has 1 amide bonds. The molecule has 3 atom stereocenters. The maximum Gasteiger partial charge on any atom is 0.307 e. The zero-order chi connectivity index (χ0) is 15.0. The first-order chi connectivity index (χ1) is 10.1. The fourth-order valence-corrected chi connectivity index (χ4v) is 2.95. The minimum absolute atomic E-state index is 0.0807. The second-order valence-corrected chi connectivity index (χ2v) is 5.67. The van der Waals surface area contributed by atoms with Crippen molar-refractivity contribution in [3.05, 3.63) is 29.3 Å². The minimum Gasteiger partial charge on any atom is -0.493 e. The van der Waals surface area contributed by atoms with E-state index < -0.39 is 11.9 Å². The van der Waals surface area contributed by atoms with Gasteiger partial charge < -0.3 is 15.2 Å². The summed E-state index contributed by atoms with van der Waals surface area (Å²) in [5.41, 5.74) is 2.14. The van der Waals surface area contributed by atoms with Gasteiger partial charge in [0, 0.05) is 12.0 Å². The van der Waals surface area contributed by atoms with Gasteiger partial charge in [-0.15, -0.1) is 0 Å². The average molecular weight is 289 g/mol. The zero-order valence-electron chi connectivity index (χ0n) is 12.0. The molecule has 0 radical (unpaired) electrons. The quantitative estimate of drug-likeness (QED) is 0.887. The van der Waals surface area contributed by atoms with E-state index in [2.05, 4.69) is 12.2 Å². The van der Waals surface area contributed by atoms with E-state index in [1.165, 1.54) is 0 Å². The Morgan fingerprint density at radius 2 is 2.19 bits per heavy atom. The summed E-state index contributed by atoms with van der Waals surface area (Å²) in [4.78, 5) is 23.0. The molecule has 21 heavy (non-hydrogen) atoms. The Labute approximate surface area is 123 Å². The van der Waals surface area contributed by atoms with Gasteiger partial charge in [0.2, 0.25) is 5.91 Å². The van der Waals surface area contributed by atoms with Gasteiger partial charge in [-0.05, 0) is 18.4 Å². The standard InChI is InChI=1S/C16H19NO4/c1-2-9-4-3-5-10-13(6-7-21-14(9)10)17-15(18)11-8-12(11)16(19)20/h3-5,11-13H,2,6-8H2,1H3,(H,17,18)(H,19,20). The number of para-hydroxylation sites is 1. The van der Waals surface area contributed by atoms with Gasteiger partial charge in [-0.3, -0.25) is 9.59 Å². The van der Waals surface area contributed by atoms with E-state index in [-0.39, 0.29) is 17.9 Å². The maximum absolute atomic E-state index is 12.1. The average Bonchev–Trinajstić information content (AvgIpc) is 3.27. The van der Waals surface area contributed by atoms with Crippen molar-refractivity contribution in [2.24, 2.45) is 11.8 Å². The van der Waals surface area contributed by atoms with Gasteiger partial charge in [0.25, 0.3) is 0 Å². The van der Waals surface area contributed by atoms with Crippen LogP contribution < -0.4 is 10.1 Å². The molecule has 5 nitrogen and oxygen atoms in total. The number of aryl methyl sites for hydroxylation is 1. The molecule has 0 bridgehead atoms. The number of carbonyl (C=O) groups is 2. The largest absolute Gasteiger partial charge is 0.493 e. The first-order valence-electron chi connectivity index (χ1n) is 7.39. The molecular formula is C16H19NO4.